The van der Waals surface area contributed by atoms with Crippen molar-refractivity contribution >= 4 is 0 Å². The standard InChI is InChI=1S/C15H30N2O/c1-3-15-12-17(10-11-18-15)9-8-16-14-6-4-13(2)5-7-14/h13-16H,3-12H2,1-2H3. The van der Waals surface area contributed by atoms with Crippen LogP contribution in [-0.4, -0.2) is 49.8 Å². The summed E-state index contributed by atoms with van der Waals surface area (Å²) in [7, 11) is 0. The number of hydrogen-bond acceptors (Lipinski definition) is 3. The highest BCUT2D eigenvalue weighted by Gasteiger charge is 2.20. The summed E-state index contributed by atoms with van der Waals surface area (Å²) < 4.78 is 5.70. The van der Waals surface area contributed by atoms with Crippen molar-refractivity contribution in [3.8, 4) is 0 Å². The number of hydrogen-bond donors (Lipinski definition) is 1. The Morgan fingerprint density at radius 1 is 1.22 bits per heavy atom. The van der Waals surface area contributed by atoms with Crippen molar-refractivity contribution in [3.63, 3.8) is 0 Å². The smallest absolute Gasteiger partial charge is 0.0700 e. The second-order valence-electron chi connectivity index (χ2n) is 6.11. The first-order valence-corrected chi connectivity index (χ1v) is 7.85. The summed E-state index contributed by atoms with van der Waals surface area (Å²) in [6.45, 7) is 10.1. The van der Waals surface area contributed by atoms with Crippen LogP contribution in [0.3, 0.4) is 0 Å². The van der Waals surface area contributed by atoms with Crippen LogP contribution in [0.5, 0.6) is 0 Å². The van der Waals surface area contributed by atoms with Crippen LogP contribution in [0.4, 0.5) is 0 Å². The van der Waals surface area contributed by atoms with Crippen molar-refractivity contribution in [1.82, 2.24) is 10.2 Å². The van der Waals surface area contributed by atoms with Gasteiger partial charge in [-0.25, -0.2) is 0 Å². The SMILES string of the molecule is CCC1CN(CCNC2CCC(C)CC2)CCO1. The lowest BCUT2D eigenvalue weighted by atomic mass is 9.87. The van der Waals surface area contributed by atoms with Crippen LogP contribution in [0, 0.1) is 5.92 Å². The van der Waals surface area contributed by atoms with Gasteiger partial charge in [-0.15, -0.1) is 0 Å². The highest BCUT2D eigenvalue weighted by Crippen LogP contribution is 2.23. The first-order valence-electron chi connectivity index (χ1n) is 7.85. The molecule has 1 N–H and O–H groups in total. The van der Waals surface area contributed by atoms with Gasteiger partial charge in [0.1, 0.15) is 0 Å². The topological polar surface area (TPSA) is 24.5 Å². The molecule has 1 aliphatic heterocycles. The van der Waals surface area contributed by atoms with E-state index < -0.39 is 0 Å². The molecule has 0 bridgehead atoms. The van der Waals surface area contributed by atoms with Gasteiger partial charge in [-0.2, -0.15) is 0 Å². The number of morpholine rings is 1. The van der Waals surface area contributed by atoms with Crippen molar-refractivity contribution in [3.05, 3.63) is 0 Å². The van der Waals surface area contributed by atoms with E-state index in [1.807, 2.05) is 0 Å². The molecular weight excluding hydrogens is 224 g/mol. The molecule has 1 saturated carbocycles. The normalized spacial score (nSPS) is 34.7. The van der Waals surface area contributed by atoms with Crippen molar-refractivity contribution < 1.29 is 4.74 Å². The zero-order valence-corrected chi connectivity index (χ0v) is 12.2. The molecule has 3 nitrogen and oxygen atoms in total. The summed E-state index contributed by atoms with van der Waals surface area (Å²) in [5.74, 6) is 0.951. The summed E-state index contributed by atoms with van der Waals surface area (Å²) in [6.07, 6.45) is 7.18. The number of nitrogens with one attached hydrogen (secondary N) is 1. The fourth-order valence-electron chi connectivity index (χ4n) is 3.12. The van der Waals surface area contributed by atoms with Crippen LogP contribution < -0.4 is 5.32 Å². The lowest BCUT2D eigenvalue weighted by Crippen LogP contribution is -2.46. The molecule has 18 heavy (non-hydrogen) atoms. The van der Waals surface area contributed by atoms with Crippen LogP contribution in [0.15, 0.2) is 0 Å². The predicted octanol–water partition coefficient (Wildman–Crippen LogP) is 2.27. The van der Waals surface area contributed by atoms with E-state index >= 15 is 0 Å². The number of rotatable bonds is 5. The summed E-state index contributed by atoms with van der Waals surface area (Å²) >= 11 is 0. The van der Waals surface area contributed by atoms with Crippen LogP contribution in [-0.2, 0) is 4.74 Å². The van der Waals surface area contributed by atoms with E-state index in [9.17, 15) is 0 Å². The van der Waals surface area contributed by atoms with E-state index in [1.54, 1.807) is 0 Å². The van der Waals surface area contributed by atoms with Gasteiger partial charge in [-0.05, 0) is 38.0 Å². The minimum atomic E-state index is 0.467. The summed E-state index contributed by atoms with van der Waals surface area (Å²) in [5, 5.41) is 3.74. The first-order chi connectivity index (χ1) is 8.78. The van der Waals surface area contributed by atoms with Crippen molar-refractivity contribution in [1.29, 1.82) is 0 Å². The van der Waals surface area contributed by atoms with Crippen molar-refractivity contribution in [2.75, 3.05) is 32.8 Å². The Bertz CT molecular complexity index is 227. The Morgan fingerprint density at radius 3 is 2.72 bits per heavy atom. The van der Waals surface area contributed by atoms with Crippen LogP contribution in [0.2, 0.25) is 0 Å². The van der Waals surface area contributed by atoms with Crippen molar-refractivity contribution in [2.24, 2.45) is 5.92 Å². The Morgan fingerprint density at radius 2 is 2.00 bits per heavy atom. The van der Waals surface area contributed by atoms with Gasteiger partial charge in [0.2, 0.25) is 0 Å². The Kier molecular flexibility index (Phi) is 5.93. The fourth-order valence-corrected chi connectivity index (χ4v) is 3.12. The molecular formula is C15H30N2O. The van der Waals surface area contributed by atoms with Gasteiger partial charge in [0.05, 0.1) is 12.7 Å². The minimum Gasteiger partial charge on any atom is -0.376 e. The zero-order chi connectivity index (χ0) is 12.8. The van der Waals surface area contributed by atoms with E-state index in [4.69, 9.17) is 4.74 Å². The maximum Gasteiger partial charge on any atom is 0.0700 e. The molecule has 0 aromatic heterocycles. The summed E-state index contributed by atoms with van der Waals surface area (Å²) in [5.41, 5.74) is 0. The predicted molar refractivity (Wildman–Crippen MR) is 75.9 cm³/mol. The van der Waals surface area contributed by atoms with Gasteiger partial charge < -0.3 is 10.1 Å². The fraction of sp³-hybridized carbons (Fsp3) is 1.00. The van der Waals surface area contributed by atoms with Gasteiger partial charge >= 0.3 is 0 Å². The van der Waals surface area contributed by atoms with Gasteiger partial charge in [0.15, 0.2) is 0 Å². The first kappa shape index (κ1) is 14.3. The second kappa shape index (κ2) is 7.46. The third-order valence-corrected chi connectivity index (χ3v) is 4.56. The van der Waals surface area contributed by atoms with E-state index in [0.717, 1.165) is 44.6 Å². The highest BCUT2D eigenvalue weighted by atomic mass is 16.5. The largest absolute Gasteiger partial charge is 0.376 e. The average Bonchev–Trinajstić information content (AvgIpc) is 2.41. The molecule has 0 aromatic carbocycles. The molecule has 0 aromatic rings. The third-order valence-electron chi connectivity index (χ3n) is 4.56. The summed E-state index contributed by atoms with van der Waals surface area (Å²) in [4.78, 5) is 2.55. The molecule has 2 rings (SSSR count). The van der Waals surface area contributed by atoms with E-state index in [-0.39, 0.29) is 0 Å². The van der Waals surface area contributed by atoms with Gasteiger partial charge in [-0.1, -0.05) is 13.8 Å². The molecule has 2 fully saturated rings. The molecule has 1 saturated heterocycles. The van der Waals surface area contributed by atoms with E-state index in [1.165, 1.54) is 32.2 Å². The molecule has 1 heterocycles. The maximum absolute atomic E-state index is 5.70. The molecule has 1 aliphatic carbocycles. The molecule has 3 heteroatoms. The number of nitrogens with zero attached hydrogens (tertiary/aromatic N) is 1. The second-order valence-corrected chi connectivity index (χ2v) is 6.11. The molecule has 1 unspecified atom stereocenters. The molecule has 1 atom stereocenters. The van der Waals surface area contributed by atoms with Crippen LogP contribution >= 0.6 is 0 Å². The molecule has 2 aliphatic rings. The number of ether oxygens (including phenoxy) is 1. The molecule has 0 spiro atoms. The van der Waals surface area contributed by atoms with Crippen molar-refractivity contribution in [2.45, 2.75) is 58.1 Å². The quantitative estimate of drug-likeness (QED) is 0.814. The third kappa shape index (κ3) is 4.52. The Labute approximate surface area is 112 Å². The zero-order valence-electron chi connectivity index (χ0n) is 12.2. The minimum absolute atomic E-state index is 0.467. The lowest BCUT2D eigenvalue weighted by molar-refractivity contribution is -0.0293. The Hall–Kier alpha value is -0.120. The lowest BCUT2D eigenvalue weighted by Gasteiger charge is -2.33. The van der Waals surface area contributed by atoms with Gasteiger partial charge in [0.25, 0.3) is 0 Å². The van der Waals surface area contributed by atoms with Gasteiger partial charge in [-0.3, -0.25) is 4.90 Å². The Balaban J connectivity index is 1.57. The molecule has 0 radical (unpaired) electrons. The maximum atomic E-state index is 5.70. The van der Waals surface area contributed by atoms with Crippen LogP contribution in [0.1, 0.15) is 46.0 Å². The highest BCUT2D eigenvalue weighted by molar-refractivity contribution is 4.77. The van der Waals surface area contributed by atoms with Gasteiger partial charge in [0, 0.05) is 32.2 Å². The van der Waals surface area contributed by atoms with E-state index in [2.05, 4.69) is 24.1 Å². The molecule has 0 amide bonds. The van der Waals surface area contributed by atoms with Crippen LogP contribution in [0.25, 0.3) is 0 Å². The monoisotopic (exact) mass is 254 g/mol. The van der Waals surface area contributed by atoms with E-state index in [0.29, 0.717) is 6.10 Å². The average molecular weight is 254 g/mol. The summed E-state index contributed by atoms with van der Waals surface area (Å²) in [6, 6.07) is 0.782. The molecule has 106 valence electrons.